The maximum atomic E-state index is 11.2. The van der Waals surface area contributed by atoms with Gasteiger partial charge in [-0.3, -0.25) is 9.51 Å². The van der Waals surface area contributed by atoms with Crippen LogP contribution in [0.1, 0.15) is 34.3 Å². The molecule has 5 rings (SSSR count). The number of aryl methyl sites for hydroxylation is 1. The monoisotopic (exact) mass is 505 g/mol. The van der Waals surface area contributed by atoms with E-state index in [-0.39, 0.29) is 13.4 Å². The lowest BCUT2D eigenvalue weighted by Crippen LogP contribution is -2.12. The normalized spacial score (nSPS) is 13.2. The van der Waals surface area contributed by atoms with Crippen molar-refractivity contribution in [3.63, 3.8) is 0 Å². The zero-order valence-corrected chi connectivity index (χ0v) is 20.8. The average Bonchev–Trinajstić information content (AvgIpc) is 3.58. The molecule has 0 amide bonds. The molecular formula is C27H27N3O7. The molecule has 10 heteroatoms. The summed E-state index contributed by atoms with van der Waals surface area (Å²) in [4.78, 5) is 18.7. The summed E-state index contributed by atoms with van der Waals surface area (Å²) < 4.78 is 33.4. The first-order valence-electron chi connectivity index (χ1n) is 11.8. The Bertz CT molecular complexity index is 1430. The van der Waals surface area contributed by atoms with Gasteiger partial charge in [0.1, 0.15) is 24.2 Å². The van der Waals surface area contributed by atoms with Gasteiger partial charge in [0, 0.05) is 31.8 Å². The van der Waals surface area contributed by atoms with E-state index in [1.54, 1.807) is 14.2 Å². The number of fused-ring (bicyclic) bond motifs is 1. The van der Waals surface area contributed by atoms with Crippen LogP contribution in [0.3, 0.4) is 0 Å². The Labute approximate surface area is 213 Å². The van der Waals surface area contributed by atoms with E-state index in [0.717, 1.165) is 27.9 Å². The molecule has 0 saturated carbocycles. The van der Waals surface area contributed by atoms with Crippen molar-refractivity contribution in [2.45, 2.75) is 26.1 Å². The van der Waals surface area contributed by atoms with Gasteiger partial charge in [0.15, 0.2) is 24.1 Å². The number of ether oxygens (including phenoxy) is 5. The highest BCUT2D eigenvalue weighted by molar-refractivity contribution is 5.67. The van der Waals surface area contributed by atoms with Gasteiger partial charge in [-0.25, -0.2) is 9.78 Å². The third-order valence-corrected chi connectivity index (χ3v) is 6.07. The quantitative estimate of drug-likeness (QED) is 0.320. The number of H-pyrrole nitrogens is 1. The van der Waals surface area contributed by atoms with Gasteiger partial charge in [-0.05, 0) is 36.2 Å². The number of aromatic nitrogens is 3. The SMILES string of the molecule is COCOc1ccc(C(OC)c2c(C)cc(OCc3noc(=O)[nH]3)c3c2CCO3)nc1-c1ccccc1. The van der Waals surface area contributed by atoms with Crippen LogP contribution in [-0.4, -0.2) is 42.7 Å². The van der Waals surface area contributed by atoms with E-state index in [2.05, 4.69) is 14.7 Å². The lowest BCUT2D eigenvalue weighted by Gasteiger charge is -2.23. The van der Waals surface area contributed by atoms with E-state index in [0.29, 0.717) is 41.8 Å². The molecule has 4 aromatic rings. The predicted molar refractivity (Wildman–Crippen MR) is 133 cm³/mol. The fourth-order valence-corrected chi connectivity index (χ4v) is 4.49. The summed E-state index contributed by atoms with van der Waals surface area (Å²) in [6.45, 7) is 2.67. The van der Waals surface area contributed by atoms with Gasteiger partial charge in [0.25, 0.3) is 0 Å². The summed E-state index contributed by atoms with van der Waals surface area (Å²) in [6.07, 6.45) is 0.250. The summed E-state index contributed by atoms with van der Waals surface area (Å²) >= 11 is 0. The van der Waals surface area contributed by atoms with Crippen molar-refractivity contribution in [2.75, 3.05) is 27.6 Å². The van der Waals surface area contributed by atoms with Gasteiger partial charge in [0.05, 0.1) is 12.3 Å². The highest BCUT2D eigenvalue weighted by Crippen LogP contribution is 2.44. The fraction of sp³-hybridized carbons (Fsp3) is 0.296. The lowest BCUT2D eigenvalue weighted by molar-refractivity contribution is 0.0512. The summed E-state index contributed by atoms with van der Waals surface area (Å²) in [7, 11) is 3.24. The number of nitrogens with one attached hydrogen (secondary N) is 1. The lowest BCUT2D eigenvalue weighted by atomic mass is 9.92. The van der Waals surface area contributed by atoms with Crippen molar-refractivity contribution >= 4 is 0 Å². The molecule has 0 spiro atoms. The molecule has 1 aliphatic rings. The summed E-state index contributed by atoms with van der Waals surface area (Å²) in [5, 5.41) is 3.65. The minimum absolute atomic E-state index is 0.0406. The van der Waals surface area contributed by atoms with Gasteiger partial charge < -0.3 is 23.7 Å². The Balaban J connectivity index is 1.53. The molecule has 1 N–H and O–H groups in total. The van der Waals surface area contributed by atoms with Crippen molar-refractivity contribution in [2.24, 2.45) is 0 Å². The van der Waals surface area contributed by atoms with Crippen LogP contribution in [0.4, 0.5) is 0 Å². The molecule has 2 aromatic carbocycles. The molecule has 1 atom stereocenters. The molecule has 192 valence electrons. The van der Waals surface area contributed by atoms with Crippen molar-refractivity contribution in [1.82, 2.24) is 15.1 Å². The van der Waals surface area contributed by atoms with E-state index in [9.17, 15) is 4.79 Å². The predicted octanol–water partition coefficient (Wildman–Crippen LogP) is 3.97. The van der Waals surface area contributed by atoms with Crippen LogP contribution in [0.15, 0.2) is 57.8 Å². The first kappa shape index (κ1) is 24.5. The van der Waals surface area contributed by atoms with Crippen LogP contribution in [0.2, 0.25) is 0 Å². The Morgan fingerprint density at radius 1 is 1.08 bits per heavy atom. The van der Waals surface area contributed by atoms with Gasteiger partial charge >= 0.3 is 5.76 Å². The highest BCUT2D eigenvalue weighted by atomic mass is 16.7. The number of rotatable bonds is 10. The molecule has 37 heavy (non-hydrogen) atoms. The van der Waals surface area contributed by atoms with Gasteiger partial charge in [-0.2, -0.15) is 0 Å². The molecule has 1 aliphatic heterocycles. The van der Waals surface area contributed by atoms with E-state index in [1.807, 2.05) is 55.5 Å². The summed E-state index contributed by atoms with van der Waals surface area (Å²) in [5.41, 5.74) is 5.29. The Morgan fingerprint density at radius 2 is 1.92 bits per heavy atom. The smallest absolute Gasteiger partial charge is 0.439 e. The van der Waals surface area contributed by atoms with Crippen LogP contribution in [-0.2, 0) is 22.5 Å². The molecule has 0 aliphatic carbocycles. The third kappa shape index (κ3) is 5.07. The van der Waals surface area contributed by atoms with E-state index in [4.69, 9.17) is 28.7 Å². The van der Waals surface area contributed by atoms with E-state index < -0.39 is 11.9 Å². The first-order valence-corrected chi connectivity index (χ1v) is 11.8. The fourth-order valence-electron chi connectivity index (χ4n) is 4.49. The maximum Gasteiger partial charge on any atom is 0.439 e. The van der Waals surface area contributed by atoms with Crippen LogP contribution < -0.4 is 20.0 Å². The van der Waals surface area contributed by atoms with Gasteiger partial charge in [-0.1, -0.05) is 35.5 Å². The Kier molecular flexibility index (Phi) is 7.20. The molecule has 0 saturated heterocycles. The largest absolute Gasteiger partial charge is 0.489 e. The molecule has 3 heterocycles. The molecular weight excluding hydrogens is 478 g/mol. The standard InChI is InChI=1S/C27H27N3O7/c1-16-13-21(35-14-22-29-27(31)37-30-22)25-18(11-12-34-25)23(16)26(33-3)19-9-10-20(36-15-32-2)24(28-19)17-7-5-4-6-8-17/h4-10,13,26H,11-12,14-15H2,1-3H3,(H,29,30,31). The van der Waals surface area contributed by atoms with Crippen LogP contribution in [0, 0.1) is 6.92 Å². The topological polar surface area (TPSA) is 118 Å². The number of aromatic amines is 1. The minimum Gasteiger partial charge on any atom is -0.489 e. The molecule has 2 aromatic heterocycles. The van der Waals surface area contributed by atoms with Crippen LogP contribution in [0.5, 0.6) is 17.2 Å². The van der Waals surface area contributed by atoms with E-state index in [1.165, 1.54) is 0 Å². The van der Waals surface area contributed by atoms with Crippen LogP contribution in [0.25, 0.3) is 11.3 Å². The number of pyridine rings is 1. The Hall–Kier alpha value is -4.15. The second kappa shape index (κ2) is 10.9. The second-order valence-electron chi connectivity index (χ2n) is 8.46. The van der Waals surface area contributed by atoms with Crippen molar-refractivity contribution in [1.29, 1.82) is 0 Å². The van der Waals surface area contributed by atoms with Crippen LogP contribution >= 0.6 is 0 Å². The first-order chi connectivity index (χ1) is 18.1. The number of benzene rings is 2. The van der Waals surface area contributed by atoms with E-state index >= 15 is 0 Å². The number of methoxy groups -OCH3 is 2. The number of hydrogen-bond acceptors (Lipinski definition) is 9. The summed E-state index contributed by atoms with van der Waals surface area (Å²) in [5.74, 6) is 1.49. The molecule has 0 radical (unpaired) electrons. The minimum atomic E-state index is -0.629. The summed E-state index contributed by atoms with van der Waals surface area (Å²) in [6, 6.07) is 15.5. The zero-order valence-electron chi connectivity index (χ0n) is 20.8. The van der Waals surface area contributed by atoms with Crippen molar-refractivity contribution < 1.29 is 28.2 Å². The van der Waals surface area contributed by atoms with Crippen molar-refractivity contribution in [3.8, 4) is 28.5 Å². The number of hydrogen-bond donors (Lipinski definition) is 1. The van der Waals surface area contributed by atoms with Gasteiger partial charge in [0.2, 0.25) is 0 Å². The molecule has 0 fully saturated rings. The average molecular weight is 506 g/mol. The molecule has 10 nitrogen and oxygen atoms in total. The highest BCUT2D eigenvalue weighted by Gasteiger charge is 2.30. The van der Waals surface area contributed by atoms with Crippen molar-refractivity contribution in [3.05, 3.63) is 87.3 Å². The molecule has 0 bridgehead atoms. The third-order valence-electron chi connectivity index (χ3n) is 6.07. The molecule has 1 unspecified atom stereocenters. The Morgan fingerprint density at radius 3 is 2.65 bits per heavy atom. The second-order valence-corrected chi connectivity index (χ2v) is 8.46. The number of nitrogens with zero attached hydrogens (tertiary/aromatic N) is 2. The zero-order chi connectivity index (χ0) is 25.8. The maximum absolute atomic E-state index is 11.2. The van der Waals surface area contributed by atoms with Gasteiger partial charge in [-0.15, -0.1) is 0 Å².